The van der Waals surface area contributed by atoms with Crippen LogP contribution in [-0.4, -0.2) is 5.11 Å². The molecule has 0 aliphatic heterocycles. The average molecular weight is 421 g/mol. The summed E-state index contributed by atoms with van der Waals surface area (Å²) in [5.74, 6) is 2.35. The Kier molecular flexibility index (Phi) is 7.72. The highest BCUT2D eigenvalue weighted by molar-refractivity contribution is 5.47. The van der Waals surface area contributed by atoms with Gasteiger partial charge in [-0.3, -0.25) is 0 Å². The van der Waals surface area contributed by atoms with Crippen molar-refractivity contribution in [3.8, 4) is 5.75 Å². The van der Waals surface area contributed by atoms with Crippen LogP contribution in [0, 0.1) is 5.92 Å². The molecule has 2 saturated carbocycles. The third-order valence-electron chi connectivity index (χ3n) is 7.69. The molecule has 0 spiro atoms. The normalized spacial score (nSPS) is 23.4. The highest BCUT2D eigenvalue weighted by atomic mass is 16.5. The summed E-state index contributed by atoms with van der Waals surface area (Å²) in [5.41, 5.74) is 2.91. The van der Waals surface area contributed by atoms with Crippen LogP contribution in [0.15, 0.2) is 48.5 Å². The van der Waals surface area contributed by atoms with Gasteiger partial charge in [0.1, 0.15) is 12.4 Å². The summed E-state index contributed by atoms with van der Waals surface area (Å²) in [4.78, 5) is 0. The number of rotatable bonds is 8. The first kappa shape index (κ1) is 22.4. The van der Waals surface area contributed by atoms with E-state index in [-0.39, 0.29) is 0 Å². The summed E-state index contributed by atoms with van der Waals surface area (Å²) < 4.78 is 6.39. The molecule has 0 amide bonds. The molecular formula is C29H40O2. The number of hydrogen-bond donors (Lipinski definition) is 1. The van der Waals surface area contributed by atoms with E-state index >= 15 is 0 Å². The van der Waals surface area contributed by atoms with Gasteiger partial charge in [-0.15, -0.1) is 0 Å². The topological polar surface area (TPSA) is 29.5 Å². The van der Waals surface area contributed by atoms with Crippen molar-refractivity contribution in [3.05, 3.63) is 65.2 Å². The summed E-state index contributed by atoms with van der Waals surface area (Å²) in [7, 11) is 0. The van der Waals surface area contributed by atoms with Crippen molar-refractivity contribution >= 4 is 0 Å². The molecule has 4 rings (SSSR count). The molecule has 2 aliphatic carbocycles. The van der Waals surface area contributed by atoms with Crippen LogP contribution in [0.3, 0.4) is 0 Å². The van der Waals surface area contributed by atoms with Gasteiger partial charge < -0.3 is 9.84 Å². The van der Waals surface area contributed by atoms with Gasteiger partial charge in [-0.2, -0.15) is 0 Å². The van der Waals surface area contributed by atoms with Crippen molar-refractivity contribution in [2.45, 2.75) is 102 Å². The lowest BCUT2D eigenvalue weighted by atomic mass is 9.71. The van der Waals surface area contributed by atoms with E-state index in [2.05, 4.69) is 49.4 Å². The molecule has 0 radical (unpaired) electrons. The Labute approximate surface area is 189 Å². The van der Waals surface area contributed by atoms with Crippen LogP contribution in [0.4, 0.5) is 0 Å². The van der Waals surface area contributed by atoms with Crippen molar-refractivity contribution in [2.24, 2.45) is 5.92 Å². The largest absolute Gasteiger partial charge is 0.489 e. The van der Waals surface area contributed by atoms with Crippen LogP contribution in [0.5, 0.6) is 5.75 Å². The predicted molar refractivity (Wildman–Crippen MR) is 128 cm³/mol. The number of hydrogen-bond acceptors (Lipinski definition) is 2. The molecule has 31 heavy (non-hydrogen) atoms. The number of benzene rings is 2. The van der Waals surface area contributed by atoms with Gasteiger partial charge in [0.05, 0.1) is 5.60 Å². The Morgan fingerprint density at radius 3 is 2.35 bits per heavy atom. The molecule has 2 fully saturated rings. The minimum Gasteiger partial charge on any atom is -0.489 e. The van der Waals surface area contributed by atoms with E-state index in [4.69, 9.17) is 4.74 Å². The first-order valence-electron chi connectivity index (χ1n) is 12.7. The minimum absolute atomic E-state index is 0.553. The van der Waals surface area contributed by atoms with Crippen molar-refractivity contribution in [1.29, 1.82) is 0 Å². The zero-order valence-corrected chi connectivity index (χ0v) is 19.3. The molecule has 2 heteroatoms. The zero-order chi connectivity index (χ0) is 21.5. The first-order chi connectivity index (χ1) is 15.2. The predicted octanol–water partition coefficient (Wildman–Crippen LogP) is 7.88. The Morgan fingerprint density at radius 1 is 0.903 bits per heavy atom. The van der Waals surface area contributed by atoms with Crippen LogP contribution >= 0.6 is 0 Å². The first-order valence-corrected chi connectivity index (χ1v) is 12.7. The van der Waals surface area contributed by atoms with Crippen molar-refractivity contribution in [2.75, 3.05) is 0 Å². The molecule has 0 bridgehead atoms. The quantitative estimate of drug-likeness (QED) is 0.470. The van der Waals surface area contributed by atoms with E-state index < -0.39 is 5.60 Å². The van der Waals surface area contributed by atoms with Crippen LogP contribution in [-0.2, 0) is 12.2 Å². The summed E-state index contributed by atoms with van der Waals surface area (Å²) in [6.07, 6.45) is 14.4. The van der Waals surface area contributed by atoms with Crippen molar-refractivity contribution in [1.82, 2.24) is 0 Å². The zero-order valence-electron chi connectivity index (χ0n) is 19.3. The maximum Gasteiger partial charge on any atom is 0.126 e. The monoisotopic (exact) mass is 420 g/mol. The maximum absolute atomic E-state index is 11.8. The standard InChI is InChI=1S/C29H40O2/c1-2-3-11-23-16-18-25(19-17-23)26-14-10-15-27(31-22-24-12-6-4-7-13-24)28(26)29(30)20-8-5-9-21-29/h4,6-7,10,12-15,23,25,30H,2-3,5,8-9,11,16-22H2,1H3. The summed E-state index contributed by atoms with van der Waals surface area (Å²) in [6.45, 7) is 2.85. The lowest BCUT2D eigenvalue weighted by Crippen LogP contribution is -2.31. The SMILES string of the molecule is CCCCC1CCC(c2cccc(OCc3ccccc3)c2C2(O)CCCCC2)CC1. The second kappa shape index (κ2) is 10.7. The molecule has 0 atom stereocenters. The second-order valence-corrected chi connectivity index (χ2v) is 9.95. The summed E-state index contributed by atoms with van der Waals surface area (Å²) >= 11 is 0. The third-order valence-corrected chi connectivity index (χ3v) is 7.69. The van der Waals surface area contributed by atoms with Gasteiger partial charge >= 0.3 is 0 Å². The second-order valence-electron chi connectivity index (χ2n) is 9.95. The van der Waals surface area contributed by atoms with Crippen LogP contribution in [0.2, 0.25) is 0 Å². The number of unbranched alkanes of at least 4 members (excludes halogenated alkanes) is 1. The fraction of sp³-hybridized carbons (Fsp3) is 0.586. The Morgan fingerprint density at radius 2 is 1.65 bits per heavy atom. The van der Waals surface area contributed by atoms with Crippen LogP contribution < -0.4 is 4.74 Å². The van der Waals surface area contributed by atoms with Crippen molar-refractivity contribution < 1.29 is 9.84 Å². The molecule has 168 valence electrons. The average Bonchev–Trinajstić information content (AvgIpc) is 2.82. The molecule has 0 saturated heterocycles. The fourth-order valence-corrected chi connectivity index (χ4v) is 5.88. The highest BCUT2D eigenvalue weighted by Crippen LogP contribution is 2.48. The Balaban J connectivity index is 1.58. The van der Waals surface area contributed by atoms with E-state index in [0.29, 0.717) is 12.5 Å². The van der Waals surface area contributed by atoms with E-state index in [1.54, 1.807) is 0 Å². The Hall–Kier alpha value is -1.80. The van der Waals surface area contributed by atoms with Crippen molar-refractivity contribution in [3.63, 3.8) is 0 Å². The molecule has 0 aromatic heterocycles. The van der Waals surface area contributed by atoms with E-state index in [1.165, 1.54) is 62.5 Å². The smallest absolute Gasteiger partial charge is 0.126 e. The molecule has 2 aliphatic rings. The van der Waals surface area contributed by atoms with Gasteiger partial charge in [0.25, 0.3) is 0 Å². The molecule has 0 heterocycles. The molecule has 2 nitrogen and oxygen atoms in total. The van der Waals surface area contributed by atoms with Crippen LogP contribution in [0.1, 0.15) is 107 Å². The third kappa shape index (κ3) is 5.52. The summed E-state index contributed by atoms with van der Waals surface area (Å²) in [5, 5.41) is 11.8. The lowest BCUT2D eigenvalue weighted by Gasteiger charge is -2.38. The highest BCUT2D eigenvalue weighted by Gasteiger charge is 2.38. The minimum atomic E-state index is -0.736. The Bertz CT molecular complexity index is 799. The number of ether oxygens (including phenoxy) is 1. The molecular weight excluding hydrogens is 380 g/mol. The molecule has 2 aromatic carbocycles. The summed E-state index contributed by atoms with van der Waals surface area (Å²) in [6, 6.07) is 16.9. The van der Waals surface area contributed by atoms with E-state index in [0.717, 1.165) is 42.9 Å². The van der Waals surface area contributed by atoms with Gasteiger partial charge in [0, 0.05) is 5.56 Å². The van der Waals surface area contributed by atoms with Crippen LogP contribution in [0.25, 0.3) is 0 Å². The number of aliphatic hydroxyl groups is 1. The maximum atomic E-state index is 11.8. The van der Waals surface area contributed by atoms with Gasteiger partial charge in [-0.25, -0.2) is 0 Å². The molecule has 0 unspecified atom stereocenters. The fourth-order valence-electron chi connectivity index (χ4n) is 5.88. The van der Waals surface area contributed by atoms with Gasteiger partial charge in [-0.05, 0) is 67.6 Å². The molecule has 2 aromatic rings. The van der Waals surface area contributed by atoms with Gasteiger partial charge in [0.2, 0.25) is 0 Å². The van der Waals surface area contributed by atoms with E-state index in [1.807, 2.05) is 6.07 Å². The van der Waals surface area contributed by atoms with E-state index in [9.17, 15) is 5.11 Å². The van der Waals surface area contributed by atoms with Gasteiger partial charge in [0.15, 0.2) is 0 Å². The van der Waals surface area contributed by atoms with Gasteiger partial charge in [-0.1, -0.05) is 87.9 Å². The molecule has 1 N–H and O–H groups in total. The lowest BCUT2D eigenvalue weighted by molar-refractivity contribution is -0.00456.